The Kier molecular flexibility index (Phi) is 5.92. The molecule has 1 rings (SSSR count). The Morgan fingerprint density at radius 3 is 2.33 bits per heavy atom. The maximum atomic E-state index is 12.5. The zero-order valence-electron chi connectivity index (χ0n) is 11.2. The van der Waals surface area contributed by atoms with Crippen LogP contribution in [0.4, 0.5) is 13.2 Å². The van der Waals surface area contributed by atoms with Gasteiger partial charge in [0.05, 0.1) is 12.6 Å². The maximum absolute atomic E-state index is 12.5. The highest BCUT2D eigenvalue weighted by molar-refractivity contribution is 4.78. The van der Waals surface area contributed by atoms with Gasteiger partial charge in [0, 0.05) is 12.6 Å². The Balaban J connectivity index is 2.58. The highest BCUT2D eigenvalue weighted by atomic mass is 19.4. The monoisotopic (exact) mass is 267 g/mol. The minimum Gasteiger partial charge on any atom is -0.393 e. The van der Waals surface area contributed by atoms with Gasteiger partial charge in [0.2, 0.25) is 0 Å². The molecule has 18 heavy (non-hydrogen) atoms. The van der Waals surface area contributed by atoms with E-state index in [9.17, 15) is 18.3 Å². The smallest absolute Gasteiger partial charge is 0.393 e. The molecule has 1 saturated carbocycles. The van der Waals surface area contributed by atoms with Gasteiger partial charge in [-0.15, -0.1) is 0 Å². The Bertz CT molecular complexity index is 243. The van der Waals surface area contributed by atoms with E-state index in [0.29, 0.717) is 6.54 Å². The molecule has 0 aliphatic heterocycles. The average Bonchev–Trinajstić information content (AvgIpc) is 2.41. The normalized spacial score (nSPS) is 26.7. The standard InChI is InChI=1S/C13H24F3NO/c1-10(2)17(9-13(14,15)16)8-11-6-4-3-5-7-12(11)18/h10-12,18H,3-9H2,1-2H3. The minimum absolute atomic E-state index is 0.0164. The average molecular weight is 267 g/mol. The lowest BCUT2D eigenvalue weighted by Crippen LogP contribution is -2.43. The van der Waals surface area contributed by atoms with Crippen LogP contribution < -0.4 is 0 Å². The summed E-state index contributed by atoms with van der Waals surface area (Å²) in [6, 6.07) is -0.151. The van der Waals surface area contributed by atoms with Gasteiger partial charge in [0.15, 0.2) is 0 Å². The van der Waals surface area contributed by atoms with E-state index < -0.39 is 18.8 Å². The zero-order valence-corrected chi connectivity index (χ0v) is 11.2. The molecule has 0 saturated heterocycles. The summed E-state index contributed by atoms with van der Waals surface area (Å²) in [6.07, 6.45) is 0.0273. The molecule has 0 heterocycles. The Morgan fingerprint density at radius 1 is 1.17 bits per heavy atom. The lowest BCUT2D eigenvalue weighted by Gasteiger charge is -2.32. The van der Waals surface area contributed by atoms with Crippen LogP contribution in [0, 0.1) is 5.92 Å². The van der Waals surface area contributed by atoms with E-state index in [2.05, 4.69) is 0 Å². The molecule has 2 nitrogen and oxygen atoms in total. The summed E-state index contributed by atoms with van der Waals surface area (Å²) in [7, 11) is 0. The zero-order chi connectivity index (χ0) is 13.8. The van der Waals surface area contributed by atoms with Crippen molar-refractivity contribution in [3.63, 3.8) is 0 Å². The van der Waals surface area contributed by atoms with Crippen LogP contribution in [0.5, 0.6) is 0 Å². The van der Waals surface area contributed by atoms with E-state index in [1.165, 1.54) is 4.90 Å². The molecule has 0 aromatic carbocycles. The highest BCUT2D eigenvalue weighted by Gasteiger charge is 2.34. The number of hydrogen-bond acceptors (Lipinski definition) is 2. The summed E-state index contributed by atoms with van der Waals surface area (Å²) in [5, 5.41) is 9.97. The van der Waals surface area contributed by atoms with E-state index >= 15 is 0 Å². The van der Waals surface area contributed by atoms with Gasteiger partial charge in [-0.1, -0.05) is 19.3 Å². The fourth-order valence-corrected chi connectivity index (χ4v) is 2.57. The van der Waals surface area contributed by atoms with Crippen molar-refractivity contribution in [1.29, 1.82) is 0 Å². The first kappa shape index (κ1) is 15.8. The van der Waals surface area contributed by atoms with Gasteiger partial charge < -0.3 is 5.11 Å². The van der Waals surface area contributed by atoms with Gasteiger partial charge in [-0.25, -0.2) is 0 Å². The van der Waals surface area contributed by atoms with Crippen molar-refractivity contribution in [2.45, 2.75) is 64.3 Å². The van der Waals surface area contributed by atoms with Crippen molar-refractivity contribution >= 4 is 0 Å². The first-order valence-electron chi connectivity index (χ1n) is 6.78. The van der Waals surface area contributed by atoms with E-state index in [0.717, 1.165) is 32.1 Å². The third kappa shape index (κ3) is 5.57. The Hall–Kier alpha value is -0.290. The fourth-order valence-electron chi connectivity index (χ4n) is 2.57. The molecule has 0 radical (unpaired) electrons. The van der Waals surface area contributed by atoms with E-state index in [4.69, 9.17) is 0 Å². The number of aliphatic hydroxyl groups excluding tert-OH is 1. The lowest BCUT2D eigenvalue weighted by molar-refractivity contribution is -0.152. The summed E-state index contributed by atoms with van der Waals surface area (Å²) >= 11 is 0. The van der Waals surface area contributed by atoms with Crippen LogP contribution in [-0.4, -0.2) is 41.4 Å². The summed E-state index contributed by atoms with van der Waals surface area (Å²) < 4.78 is 37.5. The van der Waals surface area contributed by atoms with Crippen LogP contribution >= 0.6 is 0 Å². The maximum Gasteiger partial charge on any atom is 0.401 e. The topological polar surface area (TPSA) is 23.5 Å². The first-order valence-corrected chi connectivity index (χ1v) is 6.78. The second kappa shape index (κ2) is 6.75. The molecule has 1 fully saturated rings. The lowest BCUT2D eigenvalue weighted by atomic mass is 9.96. The Labute approximate surface area is 107 Å². The first-order chi connectivity index (χ1) is 8.29. The number of halogens is 3. The van der Waals surface area contributed by atoms with E-state index in [1.807, 2.05) is 0 Å². The summed E-state index contributed by atoms with van der Waals surface area (Å²) in [5.41, 5.74) is 0. The summed E-state index contributed by atoms with van der Waals surface area (Å²) in [6.45, 7) is 3.01. The molecule has 5 heteroatoms. The predicted octanol–water partition coefficient (Wildman–Crippen LogP) is 3.20. The molecule has 2 atom stereocenters. The molecule has 0 amide bonds. The molecular formula is C13H24F3NO. The molecular weight excluding hydrogens is 243 g/mol. The van der Waals surface area contributed by atoms with Crippen LogP contribution in [0.15, 0.2) is 0 Å². The van der Waals surface area contributed by atoms with Crippen molar-refractivity contribution in [3.8, 4) is 0 Å². The third-order valence-electron chi connectivity index (χ3n) is 3.70. The second-order valence-electron chi connectivity index (χ2n) is 5.60. The fraction of sp³-hybridized carbons (Fsp3) is 1.00. The van der Waals surface area contributed by atoms with E-state index in [-0.39, 0.29) is 12.0 Å². The molecule has 0 aromatic heterocycles. The van der Waals surface area contributed by atoms with Crippen LogP contribution in [0.2, 0.25) is 0 Å². The summed E-state index contributed by atoms with van der Waals surface area (Å²) in [5.74, 6) is -0.0164. The second-order valence-corrected chi connectivity index (χ2v) is 5.60. The van der Waals surface area contributed by atoms with Gasteiger partial charge in [-0.2, -0.15) is 13.2 Å². The quantitative estimate of drug-likeness (QED) is 0.791. The van der Waals surface area contributed by atoms with Crippen LogP contribution in [0.1, 0.15) is 46.0 Å². The molecule has 2 unspecified atom stereocenters. The van der Waals surface area contributed by atoms with Gasteiger partial charge in [-0.05, 0) is 32.6 Å². The summed E-state index contributed by atoms with van der Waals surface area (Å²) in [4.78, 5) is 1.43. The Morgan fingerprint density at radius 2 is 1.78 bits per heavy atom. The predicted molar refractivity (Wildman–Crippen MR) is 65.3 cm³/mol. The van der Waals surface area contributed by atoms with Crippen molar-refractivity contribution in [3.05, 3.63) is 0 Å². The van der Waals surface area contributed by atoms with Crippen molar-refractivity contribution in [1.82, 2.24) is 4.90 Å². The number of rotatable bonds is 4. The van der Waals surface area contributed by atoms with Crippen molar-refractivity contribution < 1.29 is 18.3 Å². The molecule has 1 aliphatic rings. The van der Waals surface area contributed by atoms with Crippen molar-refractivity contribution in [2.24, 2.45) is 5.92 Å². The molecule has 1 N–H and O–H groups in total. The SMILES string of the molecule is CC(C)N(CC1CCCCCC1O)CC(F)(F)F. The van der Waals surface area contributed by atoms with Crippen LogP contribution in [-0.2, 0) is 0 Å². The number of nitrogens with zero attached hydrogens (tertiary/aromatic N) is 1. The molecule has 0 bridgehead atoms. The molecule has 0 aromatic rings. The van der Waals surface area contributed by atoms with Gasteiger partial charge in [0.1, 0.15) is 0 Å². The van der Waals surface area contributed by atoms with Gasteiger partial charge >= 0.3 is 6.18 Å². The van der Waals surface area contributed by atoms with Crippen LogP contribution in [0.3, 0.4) is 0 Å². The van der Waals surface area contributed by atoms with Gasteiger partial charge in [0.25, 0.3) is 0 Å². The highest BCUT2D eigenvalue weighted by Crippen LogP contribution is 2.26. The molecule has 1 aliphatic carbocycles. The van der Waals surface area contributed by atoms with E-state index in [1.54, 1.807) is 13.8 Å². The number of aliphatic hydroxyl groups is 1. The minimum atomic E-state index is -4.17. The number of hydrogen-bond donors (Lipinski definition) is 1. The van der Waals surface area contributed by atoms with Crippen LogP contribution in [0.25, 0.3) is 0 Å². The molecule has 0 spiro atoms. The largest absolute Gasteiger partial charge is 0.401 e. The molecule has 108 valence electrons. The van der Waals surface area contributed by atoms with Gasteiger partial charge in [-0.3, -0.25) is 4.90 Å². The third-order valence-corrected chi connectivity index (χ3v) is 3.70. The van der Waals surface area contributed by atoms with Crippen molar-refractivity contribution in [2.75, 3.05) is 13.1 Å². The number of alkyl halides is 3.